The zero-order valence-corrected chi connectivity index (χ0v) is 33.9. The summed E-state index contributed by atoms with van der Waals surface area (Å²) in [5.41, 5.74) is 12.7. The Morgan fingerprint density at radius 1 is 0.317 bits per heavy atom. The second kappa shape index (κ2) is 14.0. The number of nitrogens with zero attached hydrogens (tertiary/aromatic N) is 5. The van der Waals surface area contributed by atoms with Crippen LogP contribution in [-0.4, -0.2) is 24.1 Å². The van der Waals surface area contributed by atoms with E-state index in [1.165, 1.54) is 21.5 Å². The maximum Gasteiger partial charge on any atom is 0.167 e. The van der Waals surface area contributed by atoms with Gasteiger partial charge in [0.2, 0.25) is 0 Å². The normalized spacial score (nSPS) is 11.8. The van der Waals surface area contributed by atoms with Crippen molar-refractivity contribution in [3.63, 3.8) is 0 Å². The molecule has 0 N–H and O–H groups in total. The Kier molecular flexibility index (Phi) is 7.80. The number of hydrogen-bond acceptors (Lipinski definition) is 4. The summed E-state index contributed by atoms with van der Waals surface area (Å²) in [4.78, 5) is 16.0. The van der Waals surface area contributed by atoms with E-state index in [0.717, 1.165) is 83.2 Å². The summed E-state index contributed by atoms with van der Waals surface area (Å²) < 4.78 is 11.4. The van der Waals surface area contributed by atoms with Crippen LogP contribution in [0.25, 0.3) is 122 Å². The third kappa shape index (κ3) is 5.48. The van der Waals surface area contributed by atoms with Gasteiger partial charge in [-0.1, -0.05) is 164 Å². The summed E-state index contributed by atoms with van der Waals surface area (Å²) in [6.45, 7) is 0. The molecule has 0 radical (unpaired) electrons. The number of fused-ring (bicyclic) bond motifs is 9. The minimum absolute atomic E-state index is 0.535. The van der Waals surface area contributed by atoms with Crippen LogP contribution >= 0.6 is 0 Å². The topological polar surface area (TPSA) is 61.7 Å². The minimum atomic E-state index is 0.535. The SMILES string of the molecule is c1ccc(-c2nc(-c3cc(-n4c5ccccc5c5ccccc54)c(-c4ccccc4)c(-n4c5ccccc5c5ccccc54)c3)nc(-c3cccc4c3oc3ccccc34)n2)cc1. The van der Waals surface area contributed by atoms with Crippen molar-refractivity contribution in [3.8, 4) is 56.7 Å². The lowest BCUT2D eigenvalue weighted by molar-refractivity contribution is 0.669. The second-order valence-electron chi connectivity index (χ2n) is 15.9. The monoisotopic (exact) mass is 805 g/mol. The highest BCUT2D eigenvalue weighted by molar-refractivity contribution is 6.13. The van der Waals surface area contributed by atoms with Gasteiger partial charge in [0.1, 0.15) is 11.2 Å². The van der Waals surface area contributed by atoms with Gasteiger partial charge in [-0.2, -0.15) is 0 Å². The lowest BCUT2D eigenvalue weighted by atomic mass is 9.97. The molecule has 0 saturated heterocycles. The maximum atomic E-state index is 6.59. The van der Waals surface area contributed by atoms with Crippen molar-refractivity contribution < 1.29 is 4.42 Å². The number of aromatic nitrogens is 5. The third-order valence-corrected chi connectivity index (χ3v) is 12.4. The van der Waals surface area contributed by atoms with E-state index >= 15 is 0 Å². The molecule has 13 aromatic rings. The maximum absolute atomic E-state index is 6.59. The fourth-order valence-electron chi connectivity index (χ4n) is 9.62. The number of hydrogen-bond donors (Lipinski definition) is 0. The molecule has 0 atom stereocenters. The van der Waals surface area contributed by atoms with Gasteiger partial charge in [-0.15, -0.1) is 0 Å². The van der Waals surface area contributed by atoms with Gasteiger partial charge in [-0.05, 0) is 54.1 Å². The van der Waals surface area contributed by atoms with E-state index in [2.05, 4.69) is 179 Å². The van der Waals surface area contributed by atoms with Crippen LogP contribution in [0.1, 0.15) is 0 Å². The Balaban J connectivity index is 1.19. The van der Waals surface area contributed by atoms with E-state index < -0.39 is 0 Å². The van der Waals surface area contributed by atoms with Crippen LogP contribution < -0.4 is 0 Å². The lowest BCUT2D eigenvalue weighted by Crippen LogP contribution is -2.06. The average Bonchev–Trinajstić information content (AvgIpc) is 4.02. The van der Waals surface area contributed by atoms with E-state index in [-0.39, 0.29) is 0 Å². The molecule has 294 valence electrons. The van der Waals surface area contributed by atoms with Gasteiger partial charge >= 0.3 is 0 Å². The van der Waals surface area contributed by atoms with Crippen molar-refractivity contribution in [2.75, 3.05) is 0 Å². The molecular weight excluding hydrogens is 771 g/mol. The highest BCUT2D eigenvalue weighted by atomic mass is 16.3. The molecule has 0 spiro atoms. The van der Waals surface area contributed by atoms with Gasteiger partial charge in [0, 0.05) is 49.0 Å². The van der Waals surface area contributed by atoms with Gasteiger partial charge in [-0.25, -0.2) is 15.0 Å². The Hall–Kier alpha value is -8.61. The average molecular weight is 806 g/mol. The van der Waals surface area contributed by atoms with E-state index in [1.807, 2.05) is 42.5 Å². The molecule has 13 rings (SSSR count). The quantitative estimate of drug-likeness (QED) is 0.168. The van der Waals surface area contributed by atoms with Crippen LogP contribution in [0.2, 0.25) is 0 Å². The molecule has 0 amide bonds. The molecule has 6 nitrogen and oxygen atoms in total. The van der Waals surface area contributed by atoms with Crippen LogP contribution in [0.3, 0.4) is 0 Å². The summed E-state index contributed by atoms with van der Waals surface area (Å²) in [7, 11) is 0. The zero-order chi connectivity index (χ0) is 41.4. The predicted molar refractivity (Wildman–Crippen MR) is 258 cm³/mol. The van der Waals surface area contributed by atoms with Gasteiger partial charge in [0.25, 0.3) is 0 Å². The molecule has 0 saturated carbocycles. The smallest absolute Gasteiger partial charge is 0.167 e. The number of para-hydroxylation sites is 6. The predicted octanol–water partition coefficient (Wildman–Crippen LogP) is 14.6. The molecule has 63 heavy (non-hydrogen) atoms. The van der Waals surface area contributed by atoms with Crippen molar-refractivity contribution in [2.45, 2.75) is 0 Å². The number of furan rings is 1. The zero-order valence-electron chi connectivity index (χ0n) is 33.9. The standard InChI is InChI=1S/C57H35N5O/c1-3-18-36(19-4-1)53-50(61-46-29-12-7-22-39(46)40-23-8-13-30-47(40)61)34-38(35-51(53)62-48-31-14-9-24-41(48)42-25-10-15-32-49(42)62)56-58-55(37-20-5-2-6-21-37)59-57(60-56)45-28-17-27-44-43-26-11-16-33-52(43)63-54(44)45/h1-35H. The Labute approximate surface area is 361 Å². The Morgan fingerprint density at radius 3 is 1.27 bits per heavy atom. The summed E-state index contributed by atoms with van der Waals surface area (Å²) in [6.07, 6.45) is 0. The fourth-order valence-corrected chi connectivity index (χ4v) is 9.62. The molecule has 0 aliphatic carbocycles. The molecule has 0 fully saturated rings. The van der Waals surface area contributed by atoms with Crippen molar-refractivity contribution in [1.82, 2.24) is 24.1 Å². The fraction of sp³-hybridized carbons (Fsp3) is 0. The number of benzene rings is 9. The van der Waals surface area contributed by atoms with Crippen molar-refractivity contribution in [2.24, 2.45) is 0 Å². The van der Waals surface area contributed by atoms with E-state index in [9.17, 15) is 0 Å². The molecule has 0 bridgehead atoms. The van der Waals surface area contributed by atoms with Crippen LogP contribution in [0.4, 0.5) is 0 Å². The first-order valence-corrected chi connectivity index (χ1v) is 21.2. The summed E-state index contributed by atoms with van der Waals surface area (Å²) in [5, 5.41) is 6.80. The highest BCUT2D eigenvalue weighted by Crippen LogP contribution is 2.44. The molecular formula is C57H35N5O. The van der Waals surface area contributed by atoms with Crippen LogP contribution in [-0.2, 0) is 0 Å². The van der Waals surface area contributed by atoms with E-state index in [4.69, 9.17) is 19.4 Å². The first kappa shape index (κ1) is 35.2. The van der Waals surface area contributed by atoms with Crippen LogP contribution in [0.15, 0.2) is 217 Å². The summed E-state index contributed by atoms with van der Waals surface area (Å²) in [6, 6.07) is 74.6. The van der Waals surface area contributed by atoms with Gasteiger partial charge < -0.3 is 13.6 Å². The highest BCUT2D eigenvalue weighted by Gasteiger charge is 2.25. The van der Waals surface area contributed by atoms with Crippen LogP contribution in [0, 0.1) is 0 Å². The lowest BCUT2D eigenvalue weighted by Gasteiger charge is -2.22. The Morgan fingerprint density at radius 2 is 0.730 bits per heavy atom. The largest absolute Gasteiger partial charge is 0.455 e. The molecule has 0 aliphatic rings. The third-order valence-electron chi connectivity index (χ3n) is 12.4. The molecule has 4 heterocycles. The minimum Gasteiger partial charge on any atom is -0.455 e. The first-order valence-electron chi connectivity index (χ1n) is 21.2. The van der Waals surface area contributed by atoms with Gasteiger partial charge in [0.15, 0.2) is 17.5 Å². The summed E-state index contributed by atoms with van der Waals surface area (Å²) in [5.74, 6) is 1.66. The first-order chi connectivity index (χ1) is 31.3. The number of rotatable bonds is 6. The molecule has 6 heteroatoms. The van der Waals surface area contributed by atoms with Crippen molar-refractivity contribution >= 4 is 65.6 Å². The van der Waals surface area contributed by atoms with E-state index in [1.54, 1.807) is 0 Å². The second-order valence-corrected chi connectivity index (χ2v) is 15.9. The Bertz CT molecular complexity index is 3680. The van der Waals surface area contributed by atoms with Gasteiger partial charge in [-0.3, -0.25) is 0 Å². The molecule has 0 unspecified atom stereocenters. The molecule has 9 aromatic carbocycles. The van der Waals surface area contributed by atoms with Crippen LogP contribution in [0.5, 0.6) is 0 Å². The van der Waals surface area contributed by atoms with Gasteiger partial charge in [0.05, 0.1) is 39.0 Å². The van der Waals surface area contributed by atoms with Crippen molar-refractivity contribution in [1.29, 1.82) is 0 Å². The molecule has 4 aromatic heterocycles. The van der Waals surface area contributed by atoms with Crippen molar-refractivity contribution in [3.05, 3.63) is 212 Å². The van der Waals surface area contributed by atoms with E-state index in [0.29, 0.717) is 17.5 Å². The summed E-state index contributed by atoms with van der Waals surface area (Å²) >= 11 is 0. The molecule has 0 aliphatic heterocycles.